The van der Waals surface area contributed by atoms with E-state index in [1.165, 1.54) is 6.08 Å². The molecule has 0 spiro atoms. The van der Waals surface area contributed by atoms with Crippen LogP contribution in [0.5, 0.6) is 0 Å². The zero-order valence-corrected chi connectivity index (χ0v) is 8.18. The molecule has 0 amide bonds. The second-order valence-electron chi connectivity index (χ2n) is 3.28. The van der Waals surface area contributed by atoms with Gasteiger partial charge in [0.25, 0.3) is 0 Å². The molecule has 0 aromatic heterocycles. The van der Waals surface area contributed by atoms with Crippen molar-refractivity contribution in [3.05, 3.63) is 23.0 Å². The van der Waals surface area contributed by atoms with Gasteiger partial charge in [-0.15, -0.1) is 0 Å². The predicted molar refractivity (Wildman–Crippen MR) is 52.2 cm³/mol. The van der Waals surface area contributed by atoms with Gasteiger partial charge in [-0.05, 0) is 18.1 Å². The summed E-state index contributed by atoms with van der Waals surface area (Å²) < 4.78 is 0. The third kappa shape index (κ3) is 2.44. The molecule has 5 nitrogen and oxygen atoms in total. The summed E-state index contributed by atoms with van der Waals surface area (Å²) in [6, 6.07) is 0. The van der Waals surface area contributed by atoms with Crippen molar-refractivity contribution in [2.75, 3.05) is 13.2 Å². The summed E-state index contributed by atoms with van der Waals surface area (Å²) in [6.07, 6.45) is 0.105. The fourth-order valence-corrected chi connectivity index (χ4v) is 1.51. The summed E-state index contributed by atoms with van der Waals surface area (Å²) in [5.41, 5.74) is 0.365. The smallest absolute Gasteiger partial charge is 0.194 e. The number of aliphatic hydroxyl groups is 4. The fraction of sp³-hybridized carbons (Fsp3) is 0.500. The molecule has 15 heavy (non-hydrogen) atoms. The minimum Gasteiger partial charge on any atom is -0.507 e. The van der Waals surface area contributed by atoms with E-state index in [1.807, 2.05) is 0 Å². The van der Waals surface area contributed by atoms with Crippen LogP contribution in [0, 0.1) is 0 Å². The Kier molecular flexibility index (Phi) is 4.02. The molecule has 0 bridgehead atoms. The molecule has 84 valence electrons. The van der Waals surface area contributed by atoms with Gasteiger partial charge in [0.05, 0.1) is 0 Å². The van der Waals surface area contributed by atoms with E-state index in [0.29, 0.717) is 5.57 Å². The topological polar surface area (TPSA) is 98.0 Å². The number of carbonyl (C=O) groups is 1. The van der Waals surface area contributed by atoms with Crippen LogP contribution in [0.15, 0.2) is 23.0 Å². The highest BCUT2D eigenvalue weighted by Gasteiger charge is 2.27. The van der Waals surface area contributed by atoms with Gasteiger partial charge >= 0.3 is 0 Å². The summed E-state index contributed by atoms with van der Waals surface area (Å²) >= 11 is 0. The quantitative estimate of drug-likeness (QED) is 0.502. The van der Waals surface area contributed by atoms with Gasteiger partial charge in [0.1, 0.15) is 11.9 Å². The number of carbonyl (C=O) groups excluding carboxylic acids is 1. The Morgan fingerprint density at radius 1 is 1.20 bits per heavy atom. The highest BCUT2D eigenvalue weighted by atomic mass is 16.3. The molecule has 5 heteroatoms. The van der Waals surface area contributed by atoms with Crippen LogP contribution in [-0.2, 0) is 4.79 Å². The van der Waals surface area contributed by atoms with Crippen LogP contribution in [0.2, 0.25) is 0 Å². The van der Waals surface area contributed by atoms with Crippen molar-refractivity contribution < 1.29 is 25.2 Å². The molecular formula is C10H14O5. The maximum absolute atomic E-state index is 11.4. The Labute approximate surface area is 87.0 Å². The van der Waals surface area contributed by atoms with Crippen molar-refractivity contribution in [1.29, 1.82) is 0 Å². The average molecular weight is 214 g/mol. The summed E-state index contributed by atoms with van der Waals surface area (Å²) in [5.74, 6) is -0.823. The van der Waals surface area contributed by atoms with Gasteiger partial charge in [0.2, 0.25) is 0 Å². The molecule has 0 aromatic carbocycles. The first-order valence-electron chi connectivity index (χ1n) is 4.69. The number of allylic oxidation sites excluding steroid dienone is 1. The lowest BCUT2D eigenvalue weighted by atomic mass is 9.91. The van der Waals surface area contributed by atoms with Crippen LogP contribution in [0.25, 0.3) is 0 Å². The molecule has 0 aliphatic heterocycles. The monoisotopic (exact) mass is 214 g/mol. The van der Waals surface area contributed by atoms with Crippen LogP contribution >= 0.6 is 0 Å². The Morgan fingerprint density at radius 3 is 2.33 bits per heavy atom. The van der Waals surface area contributed by atoms with Crippen molar-refractivity contribution in [3.8, 4) is 0 Å². The van der Waals surface area contributed by atoms with Crippen molar-refractivity contribution in [3.63, 3.8) is 0 Å². The van der Waals surface area contributed by atoms with E-state index in [9.17, 15) is 15.0 Å². The second kappa shape index (κ2) is 5.06. The lowest BCUT2D eigenvalue weighted by Gasteiger charge is -2.19. The molecule has 0 aromatic rings. The molecule has 1 aliphatic rings. The first kappa shape index (κ1) is 11.9. The second-order valence-corrected chi connectivity index (χ2v) is 3.28. The van der Waals surface area contributed by atoms with Crippen LogP contribution in [0.1, 0.15) is 12.8 Å². The highest BCUT2D eigenvalue weighted by Crippen LogP contribution is 2.25. The van der Waals surface area contributed by atoms with Crippen molar-refractivity contribution >= 4 is 5.78 Å². The largest absolute Gasteiger partial charge is 0.507 e. The normalized spacial score (nSPS) is 21.9. The molecule has 0 radical (unpaired) electrons. The van der Waals surface area contributed by atoms with Gasteiger partial charge in [-0.2, -0.15) is 0 Å². The third-order valence-electron chi connectivity index (χ3n) is 2.26. The van der Waals surface area contributed by atoms with Gasteiger partial charge in [0, 0.05) is 25.2 Å². The standard InChI is InChI=1S/C10H14O5/c11-3-1-6-5-8(13)10(15)7(2-4-12)9(6)14/h5,8,11-14H,1-4H2. The zero-order valence-electron chi connectivity index (χ0n) is 8.18. The van der Waals surface area contributed by atoms with E-state index in [2.05, 4.69) is 0 Å². The summed E-state index contributed by atoms with van der Waals surface area (Å²) in [6.45, 7) is -0.451. The minimum absolute atomic E-state index is 0.00446. The van der Waals surface area contributed by atoms with Crippen LogP contribution in [0.4, 0.5) is 0 Å². The highest BCUT2D eigenvalue weighted by molar-refractivity contribution is 6.02. The molecule has 4 N–H and O–H groups in total. The van der Waals surface area contributed by atoms with E-state index in [0.717, 1.165) is 0 Å². The Balaban J connectivity index is 3.00. The molecule has 1 atom stereocenters. The molecule has 1 rings (SSSR count). The van der Waals surface area contributed by atoms with Crippen LogP contribution in [0.3, 0.4) is 0 Å². The van der Waals surface area contributed by atoms with Crippen molar-refractivity contribution in [2.45, 2.75) is 18.9 Å². The SMILES string of the molecule is O=C1C(CCO)=C(O)C(CCO)=CC1O. The van der Waals surface area contributed by atoms with E-state index in [-0.39, 0.29) is 37.4 Å². The molecular weight excluding hydrogens is 200 g/mol. The predicted octanol–water partition coefficient (Wildman–Crippen LogP) is -0.567. The lowest BCUT2D eigenvalue weighted by molar-refractivity contribution is -0.121. The Morgan fingerprint density at radius 2 is 1.80 bits per heavy atom. The average Bonchev–Trinajstić information content (AvgIpc) is 2.21. The first-order valence-corrected chi connectivity index (χ1v) is 4.69. The fourth-order valence-electron chi connectivity index (χ4n) is 1.51. The molecule has 0 saturated heterocycles. The van der Waals surface area contributed by atoms with E-state index in [4.69, 9.17) is 10.2 Å². The number of hydrogen-bond acceptors (Lipinski definition) is 5. The van der Waals surface area contributed by atoms with Crippen LogP contribution < -0.4 is 0 Å². The number of hydrogen-bond donors (Lipinski definition) is 4. The Hall–Kier alpha value is -1.17. The molecule has 1 aliphatic carbocycles. The van der Waals surface area contributed by atoms with Gasteiger partial charge in [0.15, 0.2) is 5.78 Å². The van der Waals surface area contributed by atoms with Crippen LogP contribution in [-0.4, -0.2) is 45.5 Å². The van der Waals surface area contributed by atoms with Crippen molar-refractivity contribution in [2.24, 2.45) is 0 Å². The number of ketones is 1. The maximum atomic E-state index is 11.4. The molecule has 1 unspecified atom stereocenters. The van der Waals surface area contributed by atoms with E-state index < -0.39 is 11.9 Å². The molecule has 0 heterocycles. The van der Waals surface area contributed by atoms with E-state index >= 15 is 0 Å². The summed E-state index contributed by atoms with van der Waals surface area (Å²) in [5, 5.41) is 36.4. The molecule has 0 fully saturated rings. The van der Waals surface area contributed by atoms with Crippen molar-refractivity contribution in [1.82, 2.24) is 0 Å². The lowest BCUT2D eigenvalue weighted by Crippen LogP contribution is -2.26. The van der Waals surface area contributed by atoms with Gasteiger partial charge in [-0.1, -0.05) is 0 Å². The number of aliphatic hydroxyl groups excluding tert-OH is 4. The summed E-state index contributed by atoms with van der Waals surface area (Å²) in [7, 11) is 0. The van der Waals surface area contributed by atoms with Gasteiger partial charge in [-0.3, -0.25) is 4.79 Å². The zero-order chi connectivity index (χ0) is 11.4. The molecule has 0 saturated carbocycles. The first-order chi connectivity index (χ1) is 7.11. The minimum atomic E-state index is -1.29. The summed E-state index contributed by atoms with van der Waals surface area (Å²) in [4.78, 5) is 11.4. The maximum Gasteiger partial charge on any atom is 0.194 e. The number of Topliss-reactive ketones (excluding diaryl/α,β-unsaturated/α-hetero) is 1. The third-order valence-corrected chi connectivity index (χ3v) is 2.26. The van der Waals surface area contributed by atoms with E-state index in [1.54, 1.807) is 0 Å². The Bertz CT molecular complexity index is 316. The number of rotatable bonds is 4. The van der Waals surface area contributed by atoms with Gasteiger partial charge < -0.3 is 20.4 Å². The van der Waals surface area contributed by atoms with Gasteiger partial charge in [-0.25, -0.2) is 0 Å².